The third-order valence-electron chi connectivity index (χ3n) is 1.71. The minimum absolute atomic E-state index is 0.0473. The third-order valence-corrected chi connectivity index (χ3v) is 2.65. The van der Waals surface area contributed by atoms with E-state index in [9.17, 15) is 17.6 Å². The first-order valence-corrected chi connectivity index (χ1v) is 4.92. The summed E-state index contributed by atoms with van der Waals surface area (Å²) in [6, 6.07) is 0.963. The van der Waals surface area contributed by atoms with Crippen molar-refractivity contribution in [1.82, 2.24) is 0 Å². The Bertz CT molecular complexity index is 353. The zero-order valence-corrected chi connectivity index (χ0v) is 8.33. The maximum Gasteiger partial charge on any atom is 0.417 e. The summed E-state index contributed by atoms with van der Waals surface area (Å²) in [7, 11) is 0. The molecule has 84 valence electrons. The lowest BCUT2D eigenvalue weighted by Gasteiger charge is -2.05. The molecule has 0 saturated heterocycles. The largest absolute Gasteiger partial charge is 0.417 e. The number of alkyl halides is 3. The molecule has 0 bridgehead atoms. The molecule has 0 amide bonds. The second-order valence-electron chi connectivity index (χ2n) is 2.77. The van der Waals surface area contributed by atoms with Gasteiger partial charge in [0, 0.05) is 11.3 Å². The molecule has 0 unspecified atom stereocenters. The van der Waals surface area contributed by atoms with Crippen LogP contribution >= 0.6 is 11.3 Å². The Balaban J connectivity index is 2.83. The van der Waals surface area contributed by atoms with Gasteiger partial charge in [0.25, 0.3) is 0 Å². The fraction of sp³-hybridized carbons (Fsp3) is 0.333. The molecule has 1 N–H and O–H groups in total. The van der Waals surface area contributed by atoms with E-state index in [4.69, 9.17) is 5.11 Å². The highest BCUT2D eigenvalue weighted by Gasteiger charge is 2.33. The van der Waals surface area contributed by atoms with E-state index >= 15 is 0 Å². The molecule has 0 radical (unpaired) electrons. The van der Waals surface area contributed by atoms with Crippen LogP contribution in [-0.2, 0) is 12.6 Å². The van der Waals surface area contributed by atoms with Gasteiger partial charge in [0.2, 0.25) is 0 Å². The van der Waals surface area contributed by atoms with Crippen molar-refractivity contribution in [2.24, 2.45) is 0 Å². The second kappa shape index (κ2) is 4.76. The fourth-order valence-electron chi connectivity index (χ4n) is 1.02. The van der Waals surface area contributed by atoms with E-state index in [2.05, 4.69) is 0 Å². The normalized spacial score (nSPS) is 13.3. The van der Waals surface area contributed by atoms with Crippen molar-refractivity contribution < 1.29 is 22.7 Å². The molecule has 6 heteroatoms. The summed E-state index contributed by atoms with van der Waals surface area (Å²) in [6.45, 7) is -0.785. The number of hydrogen-bond acceptors (Lipinski definition) is 2. The van der Waals surface area contributed by atoms with E-state index in [1.807, 2.05) is 0 Å². The molecule has 0 fully saturated rings. The first-order valence-electron chi connectivity index (χ1n) is 4.04. The number of aliphatic hydroxyl groups excluding tert-OH is 1. The van der Waals surface area contributed by atoms with Gasteiger partial charge in [0.1, 0.15) is 5.83 Å². The maximum atomic E-state index is 12.5. The first-order chi connectivity index (χ1) is 6.95. The molecule has 0 aliphatic rings. The molecule has 1 rings (SSSR count). The van der Waals surface area contributed by atoms with Gasteiger partial charge in [-0.3, -0.25) is 0 Å². The lowest BCUT2D eigenvalue weighted by atomic mass is 10.2. The average molecular weight is 240 g/mol. The van der Waals surface area contributed by atoms with Crippen LogP contribution in [-0.4, -0.2) is 11.7 Å². The molecule has 1 nitrogen and oxygen atoms in total. The van der Waals surface area contributed by atoms with Crippen LogP contribution in [0.5, 0.6) is 0 Å². The van der Waals surface area contributed by atoms with Crippen LogP contribution in [0.15, 0.2) is 23.3 Å². The van der Waals surface area contributed by atoms with Crippen LogP contribution in [0.3, 0.4) is 0 Å². The van der Waals surface area contributed by atoms with Crippen molar-refractivity contribution in [3.8, 4) is 0 Å². The first kappa shape index (κ1) is 12.2. The Morgan fingerprint density at radius 1 is 1.47 bits per heavy atom. The molecular weight excluding hydrogens is 232 g/mol. The van der Waals surface area contributed by atoms with E-state index in [0.29, 0.717) is 0 Å². The zero-order valence-electron chi connectivity index (χ0n) is 7.51. The van der Waals surface area contributed by atoms with Gasteiger partial charge < -0.3 is 5.11 Å². The summed E-state index contributed by atoms with van der Waals surface area (Å²) in [5.41, 5.74) is -0.741. The number of aliphatic hydroxyl groups is 1. The van der Waals surface area contributed by atoms with Gasteiger partial charge in [-0.25, -0.2) is 4.39 Å². The monoisotopic (exact) mass is 240 g/mol. The van der Waals surface area contributed by atoms with Crippen LogP contribution < -0.4 is 0 Å². The number of hydrogen-bond donors (Lipinski definition) is 1. The van der Waals surface area contributed by atoms with E-state index in [-0.39, 0.29) is 11.3 Å². The van der Waals surface area contributed by atoms with Crippen molar-refractivity contribution in [3.63, 3.8) is 0 Å². The van der Waals surface area contributed by atoms with Gasteiger partial charge >= 0.3 is 6.18 Å². The summed E-state index contributed by atoms with van der Waals surface area (Å²) in [6.07, 6.45) is -3.61. The van der Waals surface area contributed by atoms with Crippen molar-refractivity contribution in [3.05, 3.63) is 33.8 Å². The standard InChI is InChI=1S/C9H8F4OS/c10-6(5-14)1-2-8-7(3-4-15-8)9(11,12)13/h1,3-4,14H,2,5H2. The van der Waals surface area contributed by atoms with Crippen molar-refractivity contribution >= 4 is 11.3 Å². The van der Waals surface area contributed by atoms with Crippen molar-refractivity contribution in [2.75, 3.05) is 6.61 Å². The Kier molecular flexibility index (Phi) is 3.87. The lowest BCUT2D eigenvalue weighted by Crippen LogP contribution is -2.05. The minimum Gasteiger partial charge on any atom is -0.389 e. The SMILES string of the molecule is OCC(F)=CCc1sccc1C(F)(F)F. The predicted octanol–water partition coefficient (Wildman–Crippen LogP) is 3.16. The molecular formula is C9H8F4OS. The summed E-state index contributed by atoms with van der Waals surface area (Å²) < 4.78 is 49.5. The minimum atomic E-state index is -4.40. The maximum absolute atomic E-state index is 12.5. The van der Waals surface area contributed by atoms with Crippen LogP contribution in [0.1, 0.15) is 10.4 Å². The van der Waals surface area contributed by atoms with Crippen LogP contribution in [0.4, 0.5) is 17.6 Å². The second-order valence-corrected chi connectivity index (χ2v) is 3.77. The number of thiophene rings is 1. The highest BCUT2D eigenvalue weighted by atomic mass is 32.1. The van der Waals surface area contributed by atoms with Gasteiger partial charge in [-0.2, -0.15) is 13.2 Å². The van der Waals surface area contributed by atoms with Crippen LogP contribution in [0, 0.1) is 0 Å². The summed E-state index contributed by atoms with van der Waals surface area (Å²) in [4.78, 5) is 0.0473. The molecule has 0 saturated carbocycles. The fourth-order valence-corrected chi connectivity index (χ4v) is 1.88. The molecule has 0 spiro atoms. The van der Waals surface area contributed by atoms with Gasteiger partial charge in [0.15, 0.2) is 0 Å². The Morgan fingerprint density at radius 2 is 2.13 bits per heavy atom. The smallest absolute Gasteiger partial charge is 0.389 e. The highest BCUT2D eigenvalue weighted by molar-refractivity contribution is 7.10. The molecule has 1 aromatic rings. The Hall–Kier alpha value is -0.880. The molecule has 0 aromatic carbocycles. The molecule has 0 atom stereocenters. The summed E-state index contributed by atoms with van der Waals surface area (Å²) >= 11 is 0.916. The quantitative estimate of drug-likeness (QED) is 0.804. The van der Waals surface area contributed by atoms with Gasteiger partial charge in [-0.05, 0) is 17.5 Å². The Morgan fingerprint density at radius 3 is 2.67 bits per heavy atom. The molecule has 1 heterocycles. The van der Waals surface area contributed by atoms with Gasteiger partial charge in [-0.15, -0.1) is 11.3 Å². The van der Waals surface area contributed by atoms with Crippen LogP contribution in [0.25, 0.3) is 0 Å². The van der Waals surface area contributed by atoms with Gasteiger partial charge in [0.05, 0.1) is 12.2 Å². The molecule has 15 heavy (non-hydrogen) atoms. The summed E-state index contributed by atoms with van der Waals surface area (Å²) in [5.74, 6) is -0.823. The highest BCUT2D eigenvalue weighted by Crippen LogP contribution is 2.35. The topological polar surface area (TPSA) is 20.2 Å². The van der Waals surface area contributed by atoms with Crippen LogP contribution in [0.2, 0.25) is 0 Å². The van der Waals surface area contributed by atoms with Crippen molar-refractivity contribution in [1.29, 1.82) is 0 Å². The van der Waals surface area contributed by atoms with E-state index in [0.717, 1.165) is 23.5 Å². The average Bonchev–Trinajstić information content (AvgIpc) is 2.61. The number of rotatable bonds is 3. The third kappa shape index (κ3) is 3.32. The van der Waals surface area contributed by atoms with Crippen molar-refractivity contribution in [2.45, 2.75) is 12.6 Å². The predicted molar refractivity (Wildman–Crippen MR) is 49.3 cm³/mol. The van der Waals surface area contributed by atoms with E-state index in [1.165, 1.54) is 5.38 Å². The summed E-state index contributed by atoms with van der Waals surface area (Å²) in [5, 5.41) is 9.64. The number of halogens is 4. The van der Waals surface area contributed by atoms with Gasteiger partial charge in [-0.1, -0.05) is 0 Å². The lowest BCUT2D eigenvalue weighted by molar-refractivity contribution is -0.137. The zero-order chi connectivity index (χ0) is 11.5. The number of allylic oxidation sites excluding steroid dienone is 1. The molecule has 1 aromatic heterocycles. The van der Waals surface area contributed by atoms with E-state index < -0.39 is 24.2 Å². The molecule has 0 aliphatic carbocycles. The van der Waals surface area contributed by atoms with E-state index in [1.54, 1.807) is 0 Å². The molecule has 0 aliphatic heterocycles. The Labute approximate surface area is 87.7 Å².